The molecular weight excluding hydrogens is 983 g/mol. The normalized spacial score (nSPS) is 33.2. The summed E-state index contributed by atoms with van der Waals surface area (Å²) in [6.45, 7) is 18.7. The number of aliphatic hydroxyl groups excluding tert-OH is 3. The van der Waals surface area contributed by atoms with Gasteiger partial charge < -0.3 is 50.6 Å². The van der Waals surface area contributed by atoms with Crippen LogP contribution in [-0.2, 0) is 44.7 Å². The number of hydrogen-bond acceptors (Lipinski definition) is 13. The highest BCUT2D eigenvalue weighted by atomic mass is 16.5. The molecule has 4 amide bonds. The van der Waals surface area contributed by atoms with Crippen LogP contribution >= 0.6 is 0 Å². The molecule has 426 valence electrons. The number of esters is 1. The van der Waals surface area contributed by atoms with Crippen LogP contribution in [0.2, 0.25) is 0 Å². The summed E-state index contributed by atoms with van der Waals surface area (Å²) in [5.74, 6) is -5.31. The minimum Gasteiger partial charge on any atom is -0.508 e. The number of amides is 4. The molecule has 4 heterocycles. The molecule has 17 heteroatoms. The number of aromatic hydroxyl groups is 1. The largest absolute Gasteiger partial charge is 0.508 e. The Labute approximate surface area is 456 Å². The van der Waals surface area contributed by atoms with Crippen molar-refractivity contribution in [2.24, 2.45) is 41.4 Å². The van der Waals surface area contributed by atoms with E-state index in [0.29, 0.717) is 37.7 Å². The monoisotopic (exact) mass is 1070 g/mol. The predicted molar refractivity (Wildman–Crippen MR) is 294 cm³/mol. The van der Waals surface area contributed by atoms with E-state index in [0.717, 1.165) is 24.0 Å². The van der Waals surface area contributed by atoms with Crippen LogP contribution in [0.4, 0.5) is 0 Å². The Morgan fingerprint density at radius 3 is 2.43 bits per heavy atom. The number of carbonyl (C=O) groups is 6. The van der Waals surface area contributed by atoms with Gasteiger partial charge in [0.1, 0.15) is 35.8 Å². The Hall–Kier alpha value is -5.46. The molecule has 77 heavy (non-hydrogen) atoms. The molecule has 1 spiro atoms. The van der Waals surface area contributed by atoms with Gasteiger partial charge in [-0.2, -0.15) is 0 Å². The number of hydrogen-bond donors (Lipinski definition) is 8. The first-order valence-corrected chi connectivity index (χ1v) is 28.0. The summed E-state index contributed by atoms with van der Waals surface area (Å²) in [6.07, 6.45) is 14.4. The number of benzene rings is 1. The van der Waals surface area contributed by atoms with Crippen molar-refractivity contribution in [2.75, 3.05) is 6.54 Å². The first kappa shape index (κ1) is 62.4. The maximum absolute atomic E-state index is 14.5. The molecule has 1 aromatic carbocycles. The number of rotatable bonds is 15. The Kier molecular flexibility index (Phi) is 23.5. The molecule has 0 unspecified atom stereocenters. The second kappa shape index (κ2) is 29.0. The van der Waals surface area contributed by atoms with Crippen LogP contribution in [0.3, 0.4) is 0 Å². The van der Waals surface area contributed by atoms with E-state index in [2.05, 4.69) is 41.3 Å². The highest BCUT2D eigenvalue weighted by Gasteiger charge is 2.51. The third-order valence-electron chi connectivity index (χ3n) is 16.2. The maximum atomic E-state index is 14.5. The molecule has 1 aromatic rings. The molecular formula is C60H89N5O12. The zero-order valence-electron chi connectivity index (χ0n) is 47.1. The third kappa shape index (κ3) is 17.0. The van der Waals surface area contributed by atoms with Gasteiger partial charge in [-0.25, -0.2) is 5.43 Å². The molecule has 0 aliphatic carbocycles. The summed E-state index contributed by atoms with van der Waals surface area (Å²) in [4.78, 5) is 82.1. The van der Waals surface area contributed by atoms with Gasteiger partial charge in [-0.15, -0.1) is 0 Å². The maximum Gasteiger partial charge on any atom is 0.325 e. The van der Waals surface area contributed by atoms with E-state index in [1.807, 2.05) is 45.9 Å². The SMILES string of the molecule is CC[C@H]1C[C@H](C)[C@@]2(NC1=O)O[C@@H](C[C@H](O)[C@@H](C)CC/C=C/C=C(\C)[C@@H]1C/C=C/C=C/[C@H](O)[C@H](C)[C@@H](O)[C@@H](CCC(C)=O)C(=O)N[C@@H](C(C)C)C(=O)N[C@@H](Cc3cccc(O)c3)C(=O)N3CCC[C@H](N3)C(=O)O1)[C@H](C)C=C2C. The summed E-state index contributed by atoms with van der Waals surface area (Å²) >= 11 is 0. The van der Waals surface area contributed by atoms with E-state index in [1.54, 1.807) is 51.1 Å². The van der Waals surface area contributed by atoms with Crippen molar-refractivity contribution in [2.45, 2.75) is 194 Å². The number of ketones is 1. The van der Waals surface area contributed by atoms with Gasteiger partial charge in [-0.1, -0.05) is 109 Å². The molecule has 2 bridgehead atoms. The lowest BCUT2D eigenvalue weighted by atomic mass is 9.75. The quantitative estimate of drug-likeness (QED) is 0.0542. The van der Waals surface area contributed by atoms with Gasteiger partial charge in [-0.05, 0) is 106 Å². The van der Waals surface area contributed by atoms with E-state index < -0.39 is 89.7 Å². The fraction of sp³-hybridized carbons (Fsp3) is 0.633. The predicted octanol–water partition coefficient (Wildman–Crippen LogP) is 6.36. The average molecular weight is 1070 g/mol. The smallest absolute Gasteiger partial charge is 0.325 e. The van der Waals surface area contributed by atoms with Crippen molar-refractivity contribution < 1.29 is 58.7 Å². The van der Waals surface area contributed by atoms with Crippen molar-refractivity contribution >= 4 is 35.4 Å². The van der Waals surface area contributed by atoms with Gasteiger partial charge >= 0.3 is 5.97 Å². The number of phenolic OH excluding ortho intramolecular Hbond substituents is 1. The molecule has 4 aliphatic heterocycles. The number of nitrogens with one attached hydrogen (secondary N) is 4. The van der Waals surface area contributed by atoms with Gasteiger partial charge in [0.2, 0.25) is 17.7 Å². The van der Waals surface area contributed by atoms with Gasteiger partial charge in [0.05, 0.1) is 30.3 Å². The number of aliphatic hydroxyl groups is 3. The summed E-state index contributed by atoms with van der Waals surface area (Å²) < 4.78 is 13.0. The topological polar surface area (TPSA) is 253 Å². The molecule has 2 fully saturated rings. The van der Waals surface area contributed by atoms with Crippen LogP contribution < -0.4 is 21.4 Å². The summed E-state index contributed by atoms with van der Waals surface area (Å²) in [5, 5.41) is 54.7. The number of ether oxygens (including phenoxy) is 2. The number of Topliss-reactive ketones (excluding diaryl/α,β-unsaturated/α-hetero) is 1. The molecule has 5 rings (SSSR count). The number of fused-ring (bicyclic) bond motifs is 2. The minimum absolute atomic E-state index is 0.00834. The molecule has 0 radical (unpaired) electrons. The highest BCUT2D eigenvalue weighted by Crippen LogP contribution is 2.43. The molecule has 4 aliphatic rings. The lowest BCUT2D eigenvalue weighted by Crippen LogP contribution is -2.64. The van der Waals surface area contributed by atoms with Gasteiger partial charge in [0.15, 0.2) is 5.72 Å². The fourth-order valence-corrected chi connectivity index (χ4v) is 10.9. The van der Waals surface area contributed by atoms with Crippen LogP contribution in [0.1, 0.15) is 139 Å². The lowest BCUT2D eigenvalue weighted by Gasteiger charge is -2.51. The van der Waals surface area contributed by atoms with Crippen LogP contribution in [0.15, 0.2) is 84.0 Å². The zero-order chi connectivity index (χ0) is 56.7. The standard InChI is InChI=1S/C60H89N5O12/c1-11-44-31-40(8)60(63-55(44)71)39(7)30-38(6)52(77-60)34-50(69)36(4)20-14-12-15-21-37(5)51-26-17-13-16-25-49(68)42(10)54(70)46(28-27-41(9)66)56(72)62-53(35(2)3)57(73)61-48(33-43-22-18-23-45(67)32-43)58(74)65-29-19-24-47(64-65)59(75)76-51/h12-13,15-18,21-23,25,30,32,35-36,38,40,42,44,46-54,64,67-70H,11,14,19-20,24,26-29,31,33-34H2,1-10H3,(H,61,73)(H,62,72)(H,63,71)/b15-12+,17-13+,25-16+,37-21+/t36-,38+,40-,42-,44-,46+,47-,48-,49-,50-,51-,52-,53-,54+,60-/m0/s1. The van der Waals surface area contributed by atoms with Crippen molar-refractivity contribution in [3.8, 4) is 5.75 Å². The fourth-order valence-electron chi connectivity index (χ4n) is 10.9. The van der Waals surface area contributed by atoms with E-state index in [1.165, 1.54) is 30.1 Å². The van der Waals surface area contributed by atoms with Crippen LogP contribution in [0.5, 0.6) is 5.75 Å². The Balaban J connectivity index is 1.35. The summed E-state index contributed by atoms with van der Waals surface area (Å²) in [7, 11) is 0. The number of cyclic esters (lactones) is 1. The van der Waals surface area contributed by atoms with E-state index in [4.69, 9.17) is 9.47 Å². The Morgan fingerprint density at radius 2 is 1.74 bits per heavy atom. The Bertz CT molecular complexity index is 2360. The second-order valence-electron chi connectivity index (χ2n) is 22.7. The summed E-state index contributed by atoms with van der Waals surface area (Å²) in [6, 6.07) is 2.95. The molecule has 17 nitrogen and oxygen atoms in total. The number of carbonyl (C=O) groups excluding carboxylic acids is 6. The summed E-state index contributed by atoms with van der Waals surface area (Å²) in [5.41, 5.74) is 4.44. The number of piperidine rings is 1. The Morgan fingerprint density at radius 1 is 1.00 bits per heavy atom. The molecule has 0 aromatic heterocycles. The molecule has 8 N–H and O–H groups in total. The molecule has 2 saturated heterocycles. The van der Waals surface area contributed by atoms with Gasteiger partial charge in [0.25, 0.3) is 5.91 Å². The first-order valence-electron chi connectivity index (χ1n) is 28.0. The molecule has 0 saturated carbocycles. The number of nitrogens with zero attached hydrogens (tertiary/aromatic N) is 1. The van der Waals surface area contributed by atoms with Crippen molar-refractivity contribution in [1.82, 2.24) is 26.4 Å². The zero-order valence-corrected chi connectivity index (χ0v) is 47.1. The number of allylic oxidation sites excluding steroid dienone is 5. The van der Waals surface area contributed by atoms with E-state index >= 15 is 0 Å². The third-order valence-corrected chi connectivity index (χ3v) is 16.2. The molecule has 15 atom stereocenters. The second-order valence-corrected chi connectivity index (χ2v) is 22.7. The lowest BCUT2D eigenvalue weighted by molar-refractivity contribution is -0.179. The highest BCUT2D eigenvalue weighted by molar-refractivity contribution is 5.93. The number of phenols is 1. The van der Waals surface area contributed by atoms with Crippen molar-refractivity contribution in [1.29, 1.82) is 0 Å². The van der Waals surface area contributed by atoms with Gasteiger partial charge in [0, 0.05) is 55.9 Å². The first-order chi connectivity index (χ1) is 36.5. The van der Waals surface area contributed by atoms with Crippen LogP contribution in [-0.4, -0.2) is 122 Å². The van der Waals surface area contributed by atoms with Crippen LogP contribution in [0.25, 0.3) is 0 Å². The average Bonchev–Trinajstić information content (AvgIpc) is 3.38. The van der Waals surface area contributed by atoms with Crippen LogP contribution in [0, 0.1) is 41.4 Å². The number of hydrazine groups is 1. The van der Waals surface area contributed by atoms with E-state index in [-0.39, 0.29) is 79.4 Å². The van der Waals surface area contributed by atoms with Crippen molar-refractivity contribution in [3.05, 3.63) is 89.6 Å². The van der Waals surface area contributed by atoms with E-state index in [9.17, 15) is 49.2 Å². The van der Waals surface area contributed by atoms with Crippen molar-refractivity contribution in [3.63, 3.8) is 0 Å². The van der Waals surface area contributed by atoms with Gasteiger partial charge in [-0.3, -0.25) is 29.0 Å². The minimum atomic E-state index is -1.43.